The topological polar surface area (TPSA) is 55.7 Å². The predicted octanol–water partition coefficient (Wildman–Crippen LogP) is 2.74. The van der Waals surface area contributed by atoms with E-state index in [0.29, 0.717) is 12.5 Å². The summed E-state index contributed by atoms with van der Waals surface area (Å²) in [6, 6.07) is 10.8. The van der Waals surface area contributed by atoms with Gasteiger partial charge in [-0.15, -0.1) is 0 Å². The van der Waals surface area contributed by atoms with Gasteiger partial charge in [0.1, 0.15) is 0 Å². The Labute approximate surface area is 151 Å². The first-order chi connectivity index (χ1) is 12.1. The summed E-state index contributed by atoms with van der Waals surface area (Å²) in [5, 5.41) is 22.7. The van der Waals surface area contributed by atoms with Crippen LogP contribution in [0.1, 0.15) is 26.2 Å². The predicted molar refractivity (Wildman–Crippen MR) is 105 cm³/mol. The Morgan fingerprint density at radius 1 is 1.24 bits per heavy atom. The Balaban J connectivity index is 1.72. The molecule has 0 amide bonds. The van der Waals surface area contributed by atoms with Gasteiger partial charge in [-0.1, -0.05) is 36.4 Å². The van der Waals surface area contributed by atoms with E-state index in [-0.39, 0.29) is 18.6 Å². The molecule has 2 rings (SSSR count). The number of anilines is 1. The summed E-state index contributed by atoms with van der Waals surface area (Å²) in [6.45, 7) is 4.11. The van der Waals surface area contributed by atoms with E-state index in [0.717, 1.165) is 31.5 Å². The Kier molecular flexibility index (Phi) is 7.69. The average molecular weight is 344 g/mol. The molecule has 25 heavy (non-hydrogen) atoms. The minimum Gasteiger partial charge on any atom is -0.395 e. The summed E-state index contributed by atoms with van der Waals surface area (Å²) in [7, 11) is 2.13. The van der Waals surface area contributed by atoms with E-state index in [2.05, 4.69) is 54.5 Å². The number of rotatable bonds is 10. The summed E-state index contributed by atoms with van der Waals surface area (Å²) >= 11 is 0. The lowest BCUT2D eigenvalue weighted by molar-refractivity contribution is 0.155. The molecule has 0 aromatic heterocycles. The van der Waals surface area contributed by atoms with Crippen LogP contribution in [0.5, 0.6) is 0 Å². The highest BCUT2D eigenvalue weighted by atomic mass is 16.3. The van der Waals surface area contributed by atoms with E-state index in [1.807, 2.05) is 18.2 Å². The molecule has 0 bridgehead atoms. The SMILES string of the molecule is CC(CCCN(C)c1ccccc1)NCC1(CO)C=CC=C(CO)C1. The maximum Gasteiger partial charge on any atom is 0.0645 e. The zero-order valence-electron chi connectivity index (χ0n) is 15.5. The molecule has 0 radical (unpaired) electrons. The van der Waals surface area contributed by atoms with Crippen LogP contribution in [0.3, 0.4) is 0 Å². The zero-order valence-corrected chi connectivity index (χ0v) is 15.5. The molecular weight excluding hydrogens is 312 g/mol. The Morgan fingerprint density at radius 3 is 2.68 bits per heavy atom. The van der Waals surface area contributed by atoms with Crippen LogP contribution in [0.4, 0.5) is 5.69 Å². The normalized spacial score (nSPS) is 21.0. The number of aliphatic hydroxyl groups excluding tert-OH is 2. The first-order valence-corrected chi connectivity index (χ1v) is 9.17. The molecule has 1 aliphatic rings. The molecule has 0 aliphatic heterocycles. The van der Waals surface area contributed by atoms with Crippen molar-refractivity contribution in [1.29, 1.82) is 0 Å². The molecule has 2 atom stereocenters. The van der Waals surface area contributed by atoms with Gasteiger partial charge < -0.3 is 20.4 Å². The molecule has 4 heteroatoms. The quantitative estimate of drug-likeness (QED) is 0.611. The van der Waals surface area contributed by atoms with Crippen LogP contribution >= 0.6 is 0 Å². The minimum atomic E-state index is -0.290. The number of benzene rings is 1. The first-order valence-electron chi connectivity index (χ1n) is 9.17. The number of hydrogen-bond donors (Lipinski definition) is 3. The third-order valence-corrected chi connectivity index (χ3v) is 5.01. The maximum atomic E-state index is 9.84. The summed E-state index contributed by atoms with van der Waals surface area (Å²) in [4.78, 5) is 2.28. The van der Waals surface area contributed by atoms with Crippen molar-refractivity contribution in [1.82, 2.24) is 5.32 Å². The van der Waals surface area contributed by atoms with Crippen molar-refractivity contribution in [2.24, 2.45) is 5.41 Å². The molecular formula is C21H32N2O2. The number of nitrogens with one attached hydrogen (secondary N) is 1. The number of nitrogens with zero attached hydrogens (tertiary/aromatic N) is 1. The van der Waals surface area contributed by atoms with Gasteiger partial charge in [-0.2, -0.15) is 0 Å². The summed E-state index contributed by atoms with van der Waals surface area (Å²) in [6.07, 6.45) is 8.87. The zero-order chi connectivity index (χ0) is 18.1. The lowest BCUT2D eigenvalue weighted by Gasteiger charge is -2.33. The minimum absolute atomic E-state index is 0.0630. The molecule has 0 fully saturated rings. The van der Waals surface area contributed by atoms with Gasteiger partial charge in [0.2, 0.25) is 0 Å². The van der Waals surface area contributed by atoms with Gasteiger partial charge >= 0.3 is 0 Å². The van der Waals surface area contributed by atoms with Gasteiger partial charge in [-0.25, -0.2) is 0 Å². The van der Waals surface area contributed by atoms with Crippen molar-refractivity contribution in [3.05, 3.63) is 54.1 Å². The molecule has 1 aromatic rings. The van der Waals surface area contributed by atoms with Crippen LogP contribution in [0.25, 0.3) is 0 Å². The van der Waals surface area contributed by atoms with Gasteiger partial charge in [0.15, 0.2) is 0 Å². The van der Waals surface area contributed by atoms with E-state index >= 15 is 0 Å². The molecule has 0 saturated carbocycles. The van der Waals surface area contributed by atoms with Crippen LogP contribution < -0.4 is 10.2 Å². The number of para-hydroxylation sites is 1. The van der Waals surface area contributed by atoms with Crippen LogP contribution in [-0.2, 0) is 0 Å². The third kappa shape index (κ3) is 5.99. The van der Waals surface area contributed by atoms with E-state index in [4.69, 9.17) is 0 Å². The van der Waals surface area contributed by atoms with Crippen LogP contribution in [0.15, 0.2) is 54.1 Å². The number of aliphatic hydroxyl groups is 2. The van der Waals surface area contributed by atoms with Gasteiger partial charge in [0.05, 0.1) is 13.2 Å². The van der Waals surface area contributed by atoms with Gasteiger partial charge in [-0.3, -0.25) is 0 Å². The molecule has 138 valence electrons. The fourth-order valence-electron chi connectivity index (χ4n) is 3.28. The fraction of sp³-hybridized carbons (Fsp3) is 0.524. The van der Waals surface area contributed by atoms with Gasteiger partial charge in [0, 0.05) is 37.3 Å². The van der Waals surface area contributed by atoms with Gasteiger partial charge in [-0.05, 0) is 43.9 Å². The fourth-order valence-corrected chi connectivity index (χ4v) is 3.28. The highest BCUT2D eigenvalue weighted by molar-refractivity contribution is 5.44. The average Bonchev–Trinajstić information content (AvgIpc) is 2.67. The summed E-state index contributed by atoms with van der Waals surface area (Å²) in [5.41, 5.74) is 1.94. The second-order valence-electron chi connectivity index (χ2n) is 7.22. The largest absolute Gasteiger partial charge is 0.395 e. The van der Waals surface area contributed by atoms with Crippen molar-refractivity contribution in [2.75, 3.05) is 38.3 Å². The standard InChI is InChI=1S/C21H32N2O2/c1-18(8-7-13-23(2)20-10-4-3-5-11-20)22-16-21(17-25)12-6-9-19(14-21)15-24/h3-6,9-12,18,22,24-25H,7-8,13-17H2,1-2H3. The third-order valence-electron chi connectivity index (χ3n) is 5.01. The van der Waals surface area contributed by atoms with Crippen molar-refractivity contribution in [2.45, 2.75) is 32.2 Å². The molecule has 1 aliphatic carbocycles. The van der Waals surface area contributed by atoms with Crippen LogP contribution in [-0.4, -0.2) is 49.6 Å². The van der Waals surface area contributed by atoms with E-state index in [1.54, 1.807) is 0 Å². The molecule has 0 saturated heterocycles. The van der Waals surface area contributed by atoms with Crippen molar-refractivity contribution >= 4 is 5.69 Å². The molecule has 3 N–H and O–H groups in total. The Bertz CT molecular complexity index is 571. The highest BCUT2D eigenvalue weighted by Gasteiger charge is 2.29. The Hall–Kier alpha value is -1.62. The van der Waals surface area contributed by atoms with E-state index < -0.39 is 0 Å². The summed E-state index contributed by atoms with van der Waals surface area (Å²) < 4.78 is 0. The molecule has 0 heterocycles. The first kappa shape index (κ1) is 19.7. The number of hydrogen-bond acceptors (Lipinski definition) is 4. The van der Waals surface area contributed by atoms with Crippen molar-refractivity contribution in [3.8, 4) is 0 Å². The van der Waals surface area contributed by atoms with Crippen LogP contribution in [0.2, 0.25) is 0 Å². The van der Waals surface area contributed by atoms with E-state index in [1.165, 1.54) is 5.69 Å². The second kappa shape index (κ2) is 9.76. The number of allylic oxidation sites excluding steroid dienone is 2. The smallest absolute Gasteiger partial charge is 0.0645 e. The molecule has 2 unspecified atom stereocenters. The maximum absolute atomic E-state index is 9.84. The van der Waals surface area contributed by atoms with Crippen molar-refractivity contribution in [3.63, 3.8) is 0 Å². The molecule has 1 aromatic carbocycles. The highest BCUT2D eigenvalue weighted by Crippen LogP contribution is 2.30. The van der Waals surface area contributed by atoms with Gasteiger partial charge in [0.25, 0.3) is 0 Å². The molecule has 4 nitrogen and oxygen atoms in total. The lowest BCUT2D eigenvalue weighted by Crippen LogP contribution is -2.41. The summed E-state index contributed by atoms with van der Waals surface area (Å²) in [5.74, 6) is 0. The lowest BCUT2D eigenvalue weighted by atomic mass is 9.79. The van der Waals surface area contributed by atoms with E-state index in [9.17, 15) is 10.2 Å². The molecule has 0 spiro atoms. The van der Waals surface area contributed by atoms with Crippen molar-refractivity contribution < 1.29 is 10.2 Å². The Morgan fingerprint density at radius 2 is 2.00 bits per heavy atom. The second-order valence-corrected chi connectivity index (χ2v) is 7.22. The monoisotopic (exact) mass is 344 g/mol. The van der Waals surface area contributed by atoms with Crippen LogP contribution in [0, 0.1) is 5.41 Å².